The topological polar surface area (TPSA) is 68.0 Å². The first-order valence-electron chi connectivity index (χ1n) is 10.8. The van der Waals surface area contributed by atoms with E-state index in [9.17, 15) is 4.79 Å². The lowest BCUT2D eigenvalue weighted by Crippen LogP contribution is -2.23. The van der Waals surface area contributed by atoms with Crippen LogP contribution in [0.1, 0.15) is 48.9 Å². The molecule has 2 aromatic heterocycles. The van der Waals surface area contributed by atoms with Gasteiger partial charge in [-0.25, -0.2) is 9.97 Å². The summed E-state index contributed by atoms with van der Waals surface area (Å²) >= 11 is 1.59. The number of rotatable bonds is 8. The first-order valence-corrected chi connectivity index (χ1v) is 11.7. The van der Waals surface area contributed by atoms with Crippen LogP contribution in [-0.2, 0) is 17.8 Å². The Labute approximate surface area is 192 Å². The van der Waals surface area contributed by atoms with E-state index in [2.05, 4.69) is 60.3 Å². The highest BCUT2D eigenvalue weighted by Gasteiger charge is 2.11. The van der Waals surface area contributed by atoms with Crippen LogP contribution in [-0.4, -0.2) is 15.9 Å². The van der Waals surface area contributed by atoms with Gasteiger partial charge in [0.15, 0.2) is 11.7 Å². The van der Waals surface area contributed by atoms with E-state index in [1.807, 2.05) is 29.6 Å². The molecule has 0 saturated carbocycles. The zero-order chi connectivity index (χ0) is 22.5. The van der Waals surface area contributed by atoms with Crippen molar-refractivity contribution in [1.82, 2.24) is 15.3 Å². The Balaban J connectivity index is 1.27. The van der Waals surface area contributed by atoms with Gasteiger partial charge >= 0.3 is 0 Å². The minimum absolute atomic E-state index is 0.0449. The number of hydrogen-bond acceptors (Lipinski definition) is 5. The van der Waals surface area contributed by atoms with Gasteiger partial charge in [-0.3, -0.25) is 4.79 Å². The SMILES string of the molecule is Cc1ccccc1-c1nc(CNC(=O)CCc2ncc(-c3ccc(C(C)C)cc3)o2)cs1. The summed E-state index contributed by atoms with van der Waals surface area (Å²) in [6.07, 6.45) is 2.50. The third-order valence-corrected chi connectivity index (χ3v) is 6.30. The van der Waals surface area contributed by atoms with E-state index in [0.717, 1.165) is 27.6 Å². The molecule has 0 bridgehead atoms. The van der Waals surface area contributed by atoms with Gasteiger partial charge < -0.3 is 9.73 Å². The summed E-state index contributed by atoms with van der Waals surface area (Å²) in [5.41, 5.74) is 5.47. The standard InChI is InChI=1S/C26H27N3O2S/c1-17(2)19-8-10-20(11-9-19)23-15-28-25(31-23)13-12-24(30)27-14-21-16-32-26(29-21)22-7-5-4-6-18(22)3/h4-11,15-17H,12-14H2,1-3H3,(H,27,30). The van der Waals surface area contributed by atoms with Crippen molar-refractivity contribution in [2.75, 3.05) is 0 Å². The molecule has 0 fully saturated rings. The normalized spacial score (nSPS) is 11.1. The zero-order valence-corrected chi connectivity index (χ0v) is 19.4. The third kappa shape index (κ3) is 5.32. The molecular weight excluding hydrogens is 418 g/mol. The monoisotopic (exact) mass is 445 g/mol. The number of benzene rings is 2. The van der Waals surface area contributed by atoms with Crippen LogP contribution in [0, 0.1) is 6.92 Å². The minimum atomic E-state index is -0.0449. The maximum Gasteiger partial charge on any atom is 0.220 e. The number of nitrogens with zero attached hydrogens (tertiary/aromatic N) is 2. The smallest absolute Gasteiger partial charge is 0.220 e. The number of oxazole rings is 1. The molecule has 0 atom stereocenters. The van der Waals surface area contributed by atoms with Crippen LogP contribution in [0.25, 0.3) is 21.9 Å². The summed E-state index contributed by atoms with van der Waals surface area (Å²) < 4.78 is 5.84. The number of hydrogen-bond donors (Lipinski definition) is 1. The largest absolute Gasteiger partial charge is 0.441 e. The predicted octanol–water partition coefficient (Wildman–Crippen LogP) is 6.15. The maximum atomic E-state index is 12.3. The number of aromatic nitrogens is 2. The molecule has 4 rings (SSSR count). The van der Waals surface area contributed by atoms with Crippen molar-refractivity contribution in [3.05, 3.63) is 82.8 Å². The molecule has 0 unspecified atom stereocenters. The molecule has 164 valence electrons. The fourth-order valence-corrected chi connectivity index (χ4v) is 4.32. The summed E-state index contributed by atoms with van der Waals surface area (Å²) in [5.74, 6) is 1.74. The minimum Gasteiger partial charge on any atom is -0.441 e. The zero-order valence-electron chi connectivity index (χ0n) is 18.6. The van der Waals surface area contributed by atoms with E-state index in [0.29, 0.717) is 31.2 Å². The molecule has 0 radical (unpaired) electrons. The molecule has 0 aliphatic carbocycles. The number of nitrogens with one attached hydrogen (secondary N) is 1. The molecule has 2 aromatic carbocycles. The molecule has 4 aromatic rings. The van der Waals surface area contributed by atoms with Crippen molar-refractivity contribution in [1.29, 1.82) is 0 Å². The first-order chi connectivity index (χ1) is 15.5. The molecule has 0 aliphatic rings. The Morgan fingerprint density at radius 2 is 1.91 bits per heavy atom. The second-order valence-corrected chi connectivity index (χ2v) is 8.99. The van der Waals surface area contributed by atoms with Crippen molar-refractivity contribution in [3.8, 4) is 21.9 Å². The van der Waals surface area contributed by atoms with Crippen LogP contribution >= 0.6 is 11.3 Å². The second-order valence-electron chi connectivity index (χ2n) is 8.13. The van der Waals surface area contributed by atoms with Crippen molar-refractivity contribution in [2.45, 2.75) is 46.1 Å². The summed E-state index contributed by atoms with van der Waals surface area (Å²) in [6.45, 7) is 6.83. The first kappa shape index (κ1) is 22.0. The summed E-state index contributed by atoms with van der Waals surface area (Å²) in [6, 6.07) is 16.5. The van der Waals surface area contributed by atoms with Crippen molar-refractivity contribution < 1.29 is 9.21 Å². The number of aryl methyl sites for hydroxylation is 2. The quantitative estimate of drug-likeness (QED) is 0.353. The van der Waals surface area contributed by atoms with Gasteiger partial charge in [0.1, 0.15) is 5.01 Å². The van der Waals surface area contributed by atoms with Crippen molar-refractivity contribution in [3.63, 3.8) is 0 Å². The summed E-state index contributed by atoms with van der Waals surface area (Å²) in [7, 11) is 0. The fourth-order valence-electron chi connectivity index (χ4n) is 3.41. The van der Waals surface area contributed by atoms with Crippen LogP contribution in [0.4, 0.5) is 0 Å². The van der Waals surface area contributed by atoms with Crippen LogP contribution in [0.15, 0.2) is 64.5 Å². The highest BCUT2D eigenvalue weighted by atomic mass is 32.1. The Hall–Kier alpha value is -3.25. The van der Waals surface area contributed by atoms with Gasteiger partial charge in [0.25, 0.3) is 0 Å². The average molecular weight is 446 g/mol. The van der Waals surface area contributed by atoms with Gasteiger partial charge in [0, 0.05) is 29.3 Å². The van der Waals surface area contributed by atoms with Gasteiger partial charge in [-0.1, -0.05) is 62.4 Å². The van der Waals surface area contributed by atoms with E-state index in [1.54, 1.807) is 17.5 Å². The van der Waals surface area contributed by atoms with E-state index in [4.69, 9.17) is 4.42 Å². The lowest BCUT2D eigenvalue weighted by atomic mass is 10.0. The second kappa shape index (κ2) is 9.92. The third-order valence-electron chi connectivity index (χ3n) is 5.38. The van der Waals surface area contributed by atoms with E-state index in [-0.39, 0.29) is 5.91 Å². The van der Waals surface area contributed by atoms with Crippen LogP contribution < -0.4 is 5.32 Å². The predicted molar refractivity (Wildman–Crippen MR) is 128 cm³/mol. The Bertz CT molecular complexity index is 1190. The highest BCUT2D eigenvalue weighted by molar-refractivity contribution is 7.13. The molecule has 6 heteroatoms. The molecule has 0 spiro atoms. The number of amides is 1. The van der Waals surface area contributed by atoms with Crippen molar-refractivity contribution in [2.24, 2.45) is 0 Å². The molecular formula is C26H27N3O2S. The molecule has 1 amide bonds. The molecule has 0 saturated heterocycles. The van der Waals surface area contributed by atoms with E-state index < -0.39 is 0 Å². The van der Waals surface area contributed by atoms with Crippen LogP contribution in [0.5, 0.6) is 0 Å². The number of carbonyl (C=O) groups excluding carboxylic acids is 1. The van der Waals surface area contributed by atoms with Gasteiger partial charge in [0.2, 0.25) is 5.91 Å². The van der Waals surface area contributed by atoms with Gasteiger partial charge in [-0.2, -0.15) is 0 Å². The highest BCUT2D eigenvalue weighted by Crippen LogP contribution is 2.27. The molecule has 1 N–H and O–H groups in total. The summed E-state index contributed by atoms with van der Waals surface area (Å²) in [5, 5.41) is 5.91. The maximum absolute atomic E-state index is 12.3. The molecule has 32 heavy (non-hydrogen) atoms. The lowest BCUT2D eigenvalue weighted by Gasteiger charge is -2.05. The fraction of sp³-hybridized carbons (Fsp3) is 0.269. The van der Waals surface area contributed by atoms with E-state index >= 15 is 0 Å². The Kier molecular flexibility index (Phi) is 6.81. The van der Waals surface area contributed by atoms with E-state index in [1.165, 1.54) is 11.1 Å². The van der Waals surface area contributed by atoms with Crippen molar-refractivity contribution >= 4 is 17.2 Å². The van der Waals surface area contributed by atoms with Gasteiger partial charge in [-0.15, -0.1) is 11.3 Å². The van der Waals surface area contributed by atoms with Crippen LogP contribution in [0.3, 0.4) is 0 Å². The summed E-state index contributed by atoms with van der Waals surface area (Å²) in [4.78, 5) is 21.3. The molecule has 5 nitrogen and oxygen atoms in total. The molecule has 2 heterocycles. The number of thiazole rings is 1. The Morgan fingerprint density at radius 1 is 1.12 bits per heavy atom. The number of carbonyl (C=O) groups is 1. The average Bonchev–Trinajstić information content (AvgIpc) is 3.46. The van der Waals surface area contributed by atoms with Crippen LogP contribution in [0.2, 0.25) is 0 Å². The lowest BCUT2D eigenvalue weighted by molar-refractivity contribution is -0.121. The van der Waals surface area contributed by atoms with Gasteiger partial charge in [-0.05, 0) is 24.0 Å². The van der Waals surface area contributed by atoms with Gasteiger partial charge in [0.05, 0.1) is 18.4 Å². The Morgan fingerprint density at radius 3 is 2.66 bits per heavy atom. The molecule has 0 aliphatic heterocycles.